The van der Waals surface area contributed by atoms with Gasteiger partial charge in [0, 0.05) is 0 Å². The van der Waals surface area contributed by atoms with Gasteiger partial charge in [0.2, 0.25) is 6.79 Å². The second-order valence-corrected chi connectivity index (χ2v) is 24.5. The summed E-state index contributed by atoms with van der Waals surface area (Å²) in [5.41, 5.74) is 7.43. The first-order valence-corrected chi connectivity index (χ1v) is 31.0. The Morgan fingerprint density at radius 3 is 1.28 bits per heavy atom. The van der Waals surface area contributed by atoms with Gasteiger partial charge in [0.15, 0.2) is 0 Å². The van der Waals surface area contributed by atoms with E-state index >= 15 is 0 Å². The fourth-order valence-electron chi connectivity index (χ4n) is 15.3. The number of aliphatic hydroxyl groups excluding tert-OH is 6. The zero-order valence-corrected chi connectivity index (χ0v) is 51.5. The molecule has 3 aromatic rings. The largest absolute Gasteiger partial charge is 1.00 e. The molecule has 0 radical (unpaired) electrons. The van der Waals surface area contributed by atoms with Gasteiger partial charge >= 0.3 is 35.7 Å². The van der Waals surface area contributed by atoms with Crippen molar-refractivity contribution in [2.75, 3.05) is 6.79 Å². The zero-order chi connectivity index (χ0) is 57.6. The minimum absolute atomic E-state index is 0. The first-order valence-electron chi connectivity index (χ1n) is 31.0. The van der Waals surface area contributed by atoms with Crippen molar-refractivity contribution in [1.82, 2.24) is 0 Å². The summed E-state index contributed by atoms with van der Waals surface area (Å²) in [6.07, 6.45) is 25.3. The number of rotatable bonds is 26. The molecule has 13 nitrogen and oxygen atoms in total. The molecule has 81 heavy (non-hydrogen) atoms. The third kappa shape index (κ3) is 19.6. The summed E-state index contributed by atoms with van der Waals surface area (Å²) < 4.78 is 15.6. The van der Waals surface area contributed by atoms with E-state index in [1.54, 1.807) is 6.07 Å². The fourth-order valence-corrected chi connectivity index (χ4v) is 15.3. The van der Waals surface area contributed by atoms with Gasteiger partial charge in [-0.1, -0.05) is 115 Å². The number of phenols is 1. The second-order valence-electron chi connectivity index (χ2n) is 24.5. The van der Waals surface area contributed by atoms with Crippen LogP contribution in [0.3, 0.4) is 0 Å². The molecule has 0 spiro atoms. The topological polar surface area (TPSA) is 221 Å². The van der Waals surface area contributed by atoms with Crippen LogP contribution in [-0.4, -0.2) is 91.8 Å². The summed E-state index contributed by atoms with van der Waals surface area (Å²) >= 11 is 0. The molecule has 9 rings (SSSR count). The minimum Gasteiger partial charge on any atom is -0.665 e. The van der Waals surface area contributed by atoms with E-state index in [4.69, 9.17) is 19.1 Å². The van der Waals surface area contributed by atoms with Crippen molar-refractivity contribution in [3.8, 4) is 17.2 Å². The first kappa shape index (κ1) is 68.5. The van der Waals surface area contributed by atoms with Crippen molar-refractivity contribution in [3.63, 3.8) is 0 Å². The number of phenolic OH excluding ortho intramolecular Hbond substituents is 1. The SMILES string of the molecule is CCCCC[C@H](O)CC[C@H]1[C@H](O)CC2Cc3c(O)cccc3C[C@@H]21.CCCCC[C@H](O)CC[C@H]1[C@H](O)CC2Cc3c(cccc3OCOC=O)C[C@@H]21.O=C=O.[CH2-]Oc1cccc2c1CC1C[C@@H](O)[C@H](CC[C@@H](O)CCCCC)[C@H]1C2.[Na+]. The van der Waals surface area contributed by atoms with E-state index in [0.29, 0.717) is 59.6 Å². The third-order valence-corrected chi connectivity index (χ3v) is 19.5. The van der Waals surface area contributed by atoms with Crippen LogP contribution in [0.15, 0.2) is 54.6 Å². The van der Waals surface area contributed by atoms with Crippen LogP contribution in [-0.2, 0) is 57.6 Å². The Morgan fingerprint density at radius 2 is 0.901 bits per heavy atom. The molecule has 3 aromatic carbocycles. The molecule has 0 bridgehead atoms. The van der Waals surface area contributed by atoms with Gasteiger partial charge in [-0.05, 0) is 220 Å². The number of hydrogen-bond donors (Lipinski definition) is 7. The molecule has 6 aliphatic carbocycles. The summed E-state index contributed by atoms with van der Waals surface area (Å²) in [5.74, 6) is 5.91. The van der Waals surface area contributed by atoms with Gasteiger partial charge in [-0.2, -0.15) is 16.7 Å². The van der Waals surface area contributed by atoms with Crippen LogP contribution >= 0.6 is 0 Å². The van der Waals surface area contributed by atoms with Gasteiger partial charge < -0.3 is 50.0 Å². The number of benzene rings is 3. The van der Waals surface area contributed by atoms with Gasteiger partial charge in [-0.3, -0.25) is 4.79 Å². The third-order valence-electron chi connectivity index (χ3n) is 19.5. The summed E-state index contributed by atoms with van der Waals surface area (Å²) in [5, 5.41) is 72.7. The molecule has 446 valence electrons. The maximum atomic E-state index is 10.7. The van der Waals surface area contributed by atoms with Crippen molar-refractivity contribution in [1.29, 1.82) is 0 Å². The molecule has 6 aliphatic rings. The molecular weight excluding hydrogens is 1040 g/mol. The average Bonchev–Trinajstić information content (AvgIpc) is 4.11. The minimum atomic E-state index is -0.282. The first-order chi connectivity index (χ1) is 38.8. The van der Waals surface area contributed by atoms with Crippen molar-refractivity contribution in [3.05, 3.63) is 95.1 Å². The second kappa shape index (κ2) is 35.8. The summed E-state index contributed by atoms with van der Waals surface area (Å²) in [7, 11) is 3.58. The van der Waals surface area contributed by atoms with Crippen molar-refractivity contribution < 1.29 is 93.9 Å². The van der Waals surface area contributed by atoms with Gasteiger partial charge in [-0.25, -0.2) is 0 Å². The van der Waals surface area contributed by atoms with Gasteiger partial charge in [0.05, 0.1) is 42.4 Å². The Kier molecular flexibility index (Phi) is 30.3. The zero-order valence-electron chi connectivity index (χ0n) is 49.5. The maximum Gasteiger partial charge on any atom is 1.00 e. The van der Waals surface area contributed by atoms with Gasteiger partial charge in [-0.15, -0.1) is 0 Å². The normalized spacial score (nSPS) is 27.3. The van der Waals surface area contributed by atoms with Crippen molar-refractivity contribution in [2.45, 2.75) is 231 Å². The number of carbonyl (C=O) groups excluding carboxylic acids is 3. The van der Waals surface area contributed by atoms with Crippen LogP contribution in [0.1, 0.15) is 189 Å². The number of carbonyl (C=O) groups is 1. The van der Waals surface area contributed by atoms with E-state index in [0.717, 1.165) is 152 Å². The monoisotopic (exact) mass is 1130 g/mol. The van der Waals surface area contributed by atoms with Crippen LogP contribution < -0.4 is 39.0 Å². The Balaban J connectivity index is 0.000000217. The molecule has 7 N–H and O–H groups in total. The predicted octanol–water partition coefficient (Wildman–Crippen LogP) is 8.17. The van der Waals surface area contributed by atoms with Crippen molar-refractivity contribution in [2.24, 2.45) is 53.3 Å². The van der Waals surface area contributed by atoms with Crippen molar-refractivity contribution >= 4 is 12.6 Å². The number of ether oxygens (including phenoxy) is 3. The Bertz CT molecular complexity index is 2320. The number of unbranched alkanes of at least 4 members (excludes halogenated alkanes) is 6. The van der Waals surface area contributed by atoms with Crippen LogP contribution in [0.4, 0.5) is 0 Å². The standard InChI is InChI=1S/C23H34O5.C22H33O3.C21H32O3.CO2.Na/c1-2-3-4-7-18(25)9-10-19-20-11-16-6-5-8-23(28-15-27-14-24)21(16)12-17(20)13-22(19)26;1-3-4-5-8-17(23)10-11-18-19-12-15-7-6-9-22(25-2)20(15)13-16(19)14-21(18)24;1-2-3-4-7-16(22)9-10-17-18-11-14-6-5-8-20(23)19(14)12-15(18)13-21(17)24;2-1-3;/h5-6,8,14,17-20,22,25-26H,2-4,7,9-13,15H2,1H3;6-7,9,16-19,21,23-24H,2-5,8,10-14H2,1H3;5-6,8,15-18,21-24H,2-4,7,9-13H2,1H3;;/q;-1;;;+1/t17?,18-,19+,20-,22+;16?,17-,18+,19-,21+;15?,16-,17+,18-,21+;;/m000../s1. The molecule has 0 aliphatic heterocycles. The molecule has 3 unspecified atom stereocenters. The number of fused-ring (bicyclic) bond motifs is 6. The smallest absolute Gasteiger partial charge is 0.665 e. The summed E-state index contributed by atoms with van der Waals surface area (Å²) in [4.78, 5) is 26.6. The fraction of sp³-hybridized carbons (Fsp3) is 0.687. The van der Waals surface area contributed by atoms with Crippen LogP contribution in [0.25, 0.3) is 0 Å². The number of aromatic hydroxyl groups is 1. The van der Waals surface area contributed by atoms with Crippen LogP contribution in [0, 0.1) is 60.4 Å². The Hall–Kier alpha value is -3.33. The molecule has 3 saturated carbocycles. The molecule has 14 heteroatoms. The Morgan fingerprint density at radius 1 is 0.543 bits per heavy atom. The molecule has 15 atom stereocenters. The maximum absolute atomic E-state index is 10.7. The number of aliphatic hydroxyl groups is 6. The van der Waals surface area contributed by atoms with E-state index in [2.05, 4.69) is 50.8 Å². The van der Waals surface area contributed by atoms with E-state index in [1.807, 2.05) is 30.3 Å². The summed E-state index contributed by atoms with van der Waals surface area (Å²) in [6, 6.07) is 18.1. The van der Waals surface area contributed by atoms with E-state index in [1.165, 1.54) is 66.3 Å². The number of hydrogen-bond acceptors (Lipinski definition) is 13. The summed E-state index contributed by atoms with van der Waals surface area (Å²) in [6.45, 7) is 6.86. The van der Waals surface area contributed by atoms with Gasteiger partial charge in [0.1, 0.15) is 11.5 Å². The molecule has 3 fully saturated rings. The quantitative estimate of drug-likeness (QED) is 0.0133. The van der Waals surface area contributed by atoms with Crippen LogP contribution in [0.2, 0.25) is 0 Å². The van der Waals surface area contributed by atoms with Crippen LogP contribution in [0.5, 0.6) is 17.2 Å². The Labute approximate surface area is 506 Å². The molecule has 0 aromatic heterocycles. The van der Waals surface area contributed by atoms with E-state index < -0.39 is 0 Å². The molecular formula is C67H99NaO13. The average molecular weight is 1140 g/mol. The molecule has 0 saturated heterocycles. The van der Waals surface area contributed by atoms with E-state index in [9.17, 15) is 40.5 Å². The predicted molar refractivity (Wildman–Crippen MR) is 308 cm³/mol. The van der Waals surface area contributed by atoms with Gasteiger partial charge in [0.25, 0.3) is 6.47 Å². The van der Waals surface area contributed by atoms with E-state index in [-0.39, 0.29) is 85.0 Å². The molecule has 0 heterocycles. The molecule has 0 amide bonds.